The molecule has 0 bridgehead atoms. The maximum atomic E-state index is 13.0. The van der Waals surface area contributed by atoms with Gasteiger partial charge in [-0.1, -0.05) is 30.3 Å². The Balaban J connectivity index is 1.55. The van der Waals surface area contributed by atoms with Gasteiger partial charge in [0, 0.05) is 6.42 Å². The summed E-state index contributed by atoms with van der Waals surface area (Å²) in [5.74, 6) is -0.427. The molecule has 1 saturated heterocycles. The Morgan fingerprint density at radius 2 is 1.58 bits per heavy atom. The first-order valence-corrected chi connectivity index (χ1v) is 9.63. The quantitative estimate of drug-likeness (QED) is 0.874. The van der Waals surface area contributed by atoms with Gasteiger partial charge in [-0.2, -0.15) is 4.31 Å². The predicted molar refractivity (Wildman–Crippen MR) is 90.9 cm³/mol. The van der Waals surface area contributed by atoms with Gasteiger partial charge in [0.25, 0.3) is 0 Å². The number of piperazine rings is 1. The Labute approximate surface area is 142 Å². The summed E-state index contributed by atoms with van der Waals surface area (Å²) in [6, 6.07) is 15.4. The Hall–Kier alpha value is -1.76. The predicted octanol–water partition coefficient (Wildman–Crippen LogP) is 0.958. The Bertz CT molecular complexity index is 755. The van der Waals surface area contributed by atoms with E-state index >= 15 is 0 Å². The largest absolute Gasteiger partial charge is 0.332 e. The molecule has 1 N–H and O–H groups in total. The van der Waals surface area contributed by atoms with Crippen molar-refractivity contribution in [1.29, 1.82) is 0 Å². The molecule has 3 rings (SSSR count). The average Bonchev–Trinajstić information content (AvgIpc) is 2.61. The number of sulfonamides is 1. The zero-order valence-electron chi connectivity index (χ0n) is 13.5. The molecule has 24 heavy (non-hydrogen) atoms. The van der Waals surface area contributed by atoms with Gasteiger partial charge in [-0.25, -0.2) is 12.8 Å². The molecular formula is C18H22FN2O2S+. The molecule has 4 nitrogen and oxygen atoms in total. The molecule has 128 valence electrons. The smallest absolute Gasteiger partial charge is 0.243 e. The van der Waals surface area contributed by atoms with Crippen LogP contribution in [-0.4, -0.2) is 45.4 Å². The summed E-state index contributed by atoms with van der Waals surface area (Å²) in [6.07, 6.45) is 1.00. The zero-order valence-corrected chi connectivity index (χ0v) is 14.3. The molecule has 1 aliphatic heterocycles. The van der Waals surface area contributed by atoms with Crippen molar-refractivity contribution in [3.05, 3.63) is 66.0 Å². The van der Waals surface area contributed by atoms with Crippen molar-refractivity contribution in [2.24, 2.45) is 0 Å². The molecule has 0 aromatic heterocycles. The Morgan fingerprint density at radius 1 is 0.958 bits per heavy atom. The third kappa shape index (κ3) is 4.01. The molecule has 0 saturated carbocycles. The van der Waals surface area contributed by atoms with Crippen LogP contribution in [0.1, 0.15) is 5.56 Å². The number of rotatable bonds is 5. The van der Waals surface area contributed by atoms with E-state index in [0.29, 0.717) is 13.1 Å². The molecule has 0 radical (unpaired) electrons. The van der Waals surface area contributed by atoms with E-state index in [2.05, 4.69) is 12.1 Å². The molecule has 6 heteroatoms. The zero-order chi connectivity index (χ0) is 17.0. The number of quaternary nitrogens is 1. The maximum absolute atomic E-state index is 13.0. The van der Waals surface area contributed by atoms with E-state index in [4.69, 9.17) is 0 Å². The second kappa shape index (κ2) is 7.42. The number of benzene rings is 2. The fourth-order valence-corrected chi connectivity index (χ4v) is 4.46. The highest BCUT2D eigenvalue weighted by Crippen LogP contribution is 2.16. The van der Waals surface area contributed by atoms with Gasteiger partial charge in [0.1, 0.15) is 5.82 Å². The van der Waals surface area contributed by atoms with Gasteiger partial charge in [-0.3, -0.25) is 0 Å². The van der Waals surface area contributed by atoms with Gasteiger partial charge in [0.2, 0.25) is 10.0 Å². The minimum absolute atomic E-state index is 0.164. The first-order chi connectivity index (χ1) is 11.6. The van der Waals surface area contributed by atoms with Crippen LogP contribution in [0.5, 0.6) is 0 Å². The highest BCUT2D eigenvalue weighted by Gasteiger charge is 2.30. The minimum atomic E-state index is -3.52. The molecule has 2 aromatic rings. The second-order valence-corrected chi connectivity index (χ2v) is 8.03. The fraction of sp³-hybridized carbons (Fsp3) is 0.333. The lowest BCUT2D eigenvalue weighted by Gasteiger charge is -2.31. The lowest BCUT2D eigenvalue weighted by molar-refractivity contribution is -0.903. The fourth-order valence-electron chi connectivity index (χ4n) is 3.01. The van der Waals surface area contributed by atoms with E-state index in [9.17, 15) is 12.8 Å². The highest BCUT2D eigenvalue weighted by atomic mass is 32.2. The third-order valence-electron chi connectivity index (χ3n) is 4.49. The lowest BCUT2D eigenvalue weighted by Crippen LogP contribution is -3.15. The van der Waals surface area contributed by atoms with Crippen molar-refractivity contribution >= 4 is 10.0 Å². The summed E-state index contributed by atoms with van der Waals surface area (Å²) >= 11 is 0. The van der Waals surface area contributed by atoms with Crippen molar-refractivity contribution in [3.8, 4) is 0 Å². The van der Waals surface area contributed by atoms with Crippen LogP contribution >= 0.6 is 0 Å². The van der Waals surface area contributed by atoms with Gasteiger partial charge in [-0.05, 0) is 29.8 Å². The van der Waals surface area contributed by atoms with E-state index in [-0.39, 0.29) is 4.90 Å². The average molecular weight is 349 g/mol. The number of nitrogens with one attached hydrogen (secondary N) is 1. The van der Waals surface area contributed by atoms with Crippen LogP contribution in [0.2, 0.25) is 0 Å². The number of halogens is 1. The summed E-state index contributed by atoms with van der Waals surface area (Å²) in [5.41, 5.74) is 1.31. The van der Waals surface area contributed by atoms with Crippen molar-refractivity contribution < 1.29 is 17.7 Å². The topological polar surface area (TPSA) is 41.8 Å². The minimum Gasteiger partial charge on any atom is -0.332 e. The summed E-state index contributed by atoms with van der Waals surface area (Å²) in [4.78, 5) is 1.58. The second-order valence-electron chi connectivity index (χ2n) is 6.09. The SMILES string of the molecule is O=S(=O)(c1ccc(F)cc1)N1CC[NH+](CCc2ccccc2)CC1. The van der Waals surface area contributed by atoms with Gasteiger partial charge >= 0.3 is 0 Å². The first kappa shape index (κ1) is 17.1. The summed E-state index contributed by atoms with van der Waals surface area (Å²) in [7, 11) is -3.52. The summed E-state index contributed by atoms with van der Waals surface area (Å²) in [5, 5.41) is 0. The van der Waals surface area contributed by atoms with Crippen LogP contribution in [0, 0.1) is 5.82 Å². The molecule has 1 fully saturated rings. The van der Waals surface area contributed by atoms with Crippen molar-refractivity contribution in [3.63, 3.8) is 0 Å². The van der Waals surface area contributed by atoms with Crippen LogP contribution in [0.4, 0.5) is 4.39 Å². The van der Waals surface area contributed by atoms with Gasteiger partial charge in [-0.15, -0.1) is 0 Å². The maximum Gasteiger partial charge on any atom is 0.243 e. The number of hydrogen-bond acceptors (Lipinski definition) is 2. The van der Waals surface area contributed by atoms with E-state index in [1.807, 2.05) is 18.2 Å². The van der Waals surface area contributed by atoms with E-state index in [1.54, 1.807) is 0 Å². The number of hydrogen-bond donors (Lipinski definition) is 1. The molecular weight excluding hydrogens is 327 g/mol. The Kier molecular flexibility index (Phi) is 5.28. The molecule has 2 aromatic carbocycles. The highest BCUT2D eigenvalue weighted by molar-refractivity contribution is 7.89. The van der Waals surface area contributed by atoms with Crippen LogP contribution in [0.3, 0.4) is 0 Å². The van der Waals surface area contributed by atoms with E-state index < -0.39 is 15.8 Å². The molecule has 0 amide bonds. The summed E-state index contributed by atoms with van der Waals surface area (Å²) in [6.45, 7) is 3.61. The normalized spacial score (nSPS) is 17.0. The van der Waals surface area contributed by atoms with E-state index in [1.165, 1.54) is 39.0 Å². The molecule has 0 aliphatic carbocycles. The third-order valence-corrected chi connectivity index (χ3v) is 6.40. The molecule has 1 heterocycles. The van der Waals surface area contributed by atoms with Crippen LogP contribution < -0.4 is 4.90 Å². The van der Waals surface area contributed by atoms with Crippen LogP contribution in [0.25, 0.3) is 0 Å². The Morgan fingerprint density at radius 3 is 2.21 bits per heavy atom. The molecule has 0 spiro atoms. The van der Waals surface area contributed by atoms with Crippen molar-refractivity contribution in [1.82, 2.24) is 4.31 Å². The van der Waals surface area contributed by atoms with Gasteiger partial charge in [0.15, 0.2) is 0 Å². The van der Waals surface area contributed by atoms with Crippen molar-refractivity contribution in [2.75, 3.05) is 32.7 Å². The van der Waals surface area contributed by atoms with E-state index in [0.717, 1.165) is 26.1 Å². The molecule has 0 atom stereocenters. The molecule has 1 aliphatic rings. The van der Waals surface area contributed by atoms with Crippen LogP contribution in [0.15, 0.2) is 59.5 Å². The first-order valence-electron chi connectivity index (χ1n) is 8.19. The van der Waals surface area contributed by atoms with Gasteiger partial charge < -0.3 is 4.90 Å². The molecule has 0 unspecified atom stereocenters. The lowest BCUT2D eigenvalue weighted by atomic mass is 10.1. The summed E-state index contributed by atoms with van der Waals surface area (Å²) < 4.78 is 39.6. The number of nitrogens with zero attached hydrogens (tertiary/aromatic N) is 1. The standard InChI is InChI=1S/C18H21FN2O2S/c19-17-6-8-18(9-7-17)24(22,23)21-14-12-20(13-15-21)11-10-16-4-2-1-3-5-16/h1-9H,10-15H2/p+1. The van der Waals surface area contributed by atoms with Crippen LogP contribution in [-0.2, 0) is 16.4 Å². The monoisotopic (exact) mass is 349 g/mol. The van der Waals surface area contributed by atoms with Gasteiger partial charge in [0.05, 0.1) is 37.6 Å². The van der Waals surface area contributed by atoms with Crippen molar-refractivity contribution in [2.45, 2.75) is 11.3 Å².